The van der Waals surface area contributed by atoms with Crippen LogP contribution in [0.25, 0.3) is 0 Å². The monoisotopic (exact) mass is 276 g/mol. The molecule has 0 radical (unpaired) electrons. The highest BCUT2D eigenvalue weighted by Crippen LogP contribution is 2.24. The summed E-state index contributed by atoms with van der Waals surface area (Å²) in [5.41, 5.74) is 0.620. The minimum absolute atomic E-state index is 0.246. The third-order valence-electron chi connectivity index (χ3n) is 2.09. The van der Waals surface area contributed by atoms with Crippen LogP contribution < -0.4 is 15.5 Å². The second-order valence-electron chi connectivity index (χ2n) is 3.97. The van der Waals surface area contributed by atoms with Gasteiger partial charge in [-0.05, 0) is 18.2 Å². The number of urea groups is 1. The maximum absolute atomic E-state index is 11.5. The van der Waals surface area contributed by atoms with Gasteiger partial charge in [-0.3, -0.25) is 0 Å². The van der Waals surface area contributed by atoms with Crippen LogP contribution in [0.2, 0.25) is 10.0 Å². The lowest BCUT2D eigenvalue weighted by Crippen LogP contribution is -3.06. The quantitative estimate of drug-likeness (QED) is 0.762. The van der Waals surface area contributed by atoms with Crippen molar-refractivity contribution in [3.05, 3.63) is 28.2 Å². The second-order valence-corrected chi connectivity index (χ2v) is 4.78. The molecule has 0 aliphatic rings. The molecule has 17 heavy (non-hydrogen) atoms. The third kappa shape index (κ3) is 5.26. The van der Waals surface area contributed by atoms with Crippen molar-refractivity contribution in [2.45, 2.75) is 0 Å². The molecule has 0 spiro atoms. The highest BCUT2D eigenvalue weighted by Gasteiger charge is 2.04. The predicted molar refractivity (Wildman–Crippen MR) is 71.2 cm³/mol. The topological polar surface area (TPSA) is 45.6 Å². The number of likely N-dealkylation sites (N-methyl/N-ethyl adjacent to an activating group) is 1. The van der Waals surface area contributed by atoms with Crippen molar-refractivity contribution in [3.63, 3.8) is 0 Å². The normalized spacial score (nSPS) is 10.4. The molecule has 0 atom stereocenters. The van der Waals surface area contributed by atoms with E-state index in [1.165, 1.54) is 4.90 Å². The molecule has 1 aromatic carbocycles. The summed E-state index contributed by atoms with van der Waals surface area (Å²) in [6, 6.07) is 4.71. The fourth-order valence-corrected chi connectivity index (χ4v) is 1.47. The van der Waals surface area contributed by atoms with Gasteiger partial charge in [0.15, 0.2) is 0 Å². The van der Waals surface area contributed by atoms with Gasteiger partial charge in [0.1, 0.15) is 0 Å². The number of carbonyl (C=O) groups excluding carboxylic acids is 1. The van der Waals surface area contributed by atoms with Gasteiger partial charge < -0.3 is 15.5 Å². The molecule has 0 saturated carbocycles. The van der Waals surface area contributed by atoms with Gasteiger partial charge in [-0.1, -0.05) is 23.2 Å². The van der Waals surface area contributed by atoms with Gasteiger partial charge >= 0.3 is 6.03 Å². The molecule has 0 fully saturated rings. The standard InChI is InChI=1S/C11H15Cl2N3O/c1-16(2)6-5-14-11(17)15-8-3-4-9(12)10(13)7-8/h3-4,7H,5-6H2,1-2H3,(H2,14,15,17)/p+1. The van der Waals surface area contributed by atoms with Gasteiger partial charge in [-0.15, -0.1) is 0 Å². The van der Waals surface area contributed by atoms with E-state index in [1.807, 2.05) is 14.1 Å². The van der Waals surface area contributed by atoms with E-state index < -0.39 is 0 Å². The molecule has 0 aliphatic heterocycles. The molecule has 1 aromatic rings. The Kier molecular flexibility index (Phi) is 5.55. The van der Waals surface area contributed by atoms with Crippen LogP contribution in [0.1, 0.15) is 0 Å². The van der Waals surface area contributed by atoms with E-state index in [-0.39, 0.29) is 6.03 Å². The molecule has 0 heterocycles. The molecule has 4 nitrogen and oxygen atoms in total. The van der Waals surface area contributed by atoms with Gasteiger partial charge in [0.2, 0.25) is 0 Å². The first-order valence-corrected chi connectivity index (χ1v) is 6.03. The zero-order valence-corrected chi connectivity index (χ0v) is 11.3. The summed E-state index contributed by atoms with van der Waals surface area (Å²) in [6.07, 6.45) is 0. The number of hydrogen-bond acceptors (Lipinski definition) is 1. The van der Waals surface area contributed by atoms with Crippen LogP contribution in [0.15, 0.2) is 18.2 Å². The van der Waals surface area contributed by atoms with Crippen molar-refractivity contribution < 1.29 is 9.69 Å². The fourth-order valence-electron chi connectivity index (χ4n) is 1.18. The van der Waals surface area contributed by atoms with Crippen LogP contribution in [0, 0.1) is 0 Å². The van der Waals surface area contributed by atoms with E-state index in [0.29, 0.717) is 22.3 Å². The van der Waals surface area contributed by atoms with Crippen LogP contribution >= 0.6 is 23.2 Å². The van der Waals surface area contributed by atoms with Gasteiger partial charge in [-0.2, -0.15) is 0 Å². The summed E-state index contributed by atoms with van der Waals surface area (Å²) >= 11 is 11.6. The summed E-state index contributed by atoms with van der Waals surface area (Å²) in [7, 11) is 4.05. The van der Waals surface area contributed by atoms with Crippen molar-refractivity contribution in [2.75, 3.05) is 32.5 Å². The molecular formula is C11H16Cl2N3O+. The third-order valence-corrected chi connectivity index (χ3v) is 2.83. The smallest absolute Gasteiger partial charge is 0.319 e. The molecule has 0 bridgehead atoms. The predicted octanol–water partition coefficient (Wildman–Crippen LogP) is 1.26. The van der Waals surface area contributed by atoms with Gasteiger partial charge in [-0.25, -0.2) is 4.79 Å². The van der Waals surface area contributed by atoms with Crippen molar-refractivity contribution in [3.8, 4) is 0 Å². The first kappa shape index (κ1) is 14.1. The van der Waals surface area contributed by atoms with Crippen LogP contribution in [-0.4, -0.2) is 33.2 Å². The number of amides is 2. The number of anilines is 1. The lowest BCUT2D eigenvalue weighted by atomic mass is 10.3. The van der Waals surface area contributed by atoms with E-state index in [1.54, 1.807) is 18.2 Å². The van der Waals surface area contributed by atoms with Gasteiger partial charge in [0.25, 0.3) is 0 Å². The number of nitrogens with one attached hydrogen (secondary N) is 3. The Morgan fingerprint density at radius 2 is 2.00 bits per heavy atom. The molecule has 6 heteroatoms. The largest absolute Gasteiger partial charge is 0.338 e. The van der Waals surface area contributed by atoms with Crippen LogP contribution in [0.4, 0.5) is 10.5 Å². The SMILES string of the molecule is C[NH+](C)CCNC(=O)Nc1ccc(Cl)c(Cl)c1. The van der Waals surface area contributed by atoms with Crippen molar-refractivity contribution >= 4 is 34.9 Å². The summed E-state index contributed by atoms with van der Waals surface area (Å²) in [6.45, 7) is 1.49. The minimum atomic E-state index is -0.246. The van der Waals surface area contributed by atoms with E-state index in [0.717, 1.165) is 6.54 Å². The molecule has 0 aromatic heterocycles. The Hall–Kier alpha value is -0.970. The minimum Gasteiger partial charge on any atom is -0.338 e. The number of halogens is 2. The number of quaternary nitrogens is 1. The lowest BCUT2D eigenvalue weighted by Gasteiger charge is -2.10. The van der Waals surface area contributed by atoms with E-state index >= 15 is 0 Å². The Morgan fingerprint density at radius 1 is 1.29 bits per heavy atom. The molecule has 2 amide bonds. The Labute approximate surface area is 111 Å². The average Bonchev–Trinajstić information content (AvgIpc) is 2.23. The van der Waals surface area contributed by atoms with Gasteiger partial charge in [0, 0.05) is 5.69 Å². The first-order chi connectivity index (χ1) is 7.99. The van der Waals surface area contributed by atoms with Gasteiger partial charge in [0.05, 0.1) is 37.2 Å². The van der Waals surface area contributed by atoms with Crippen molar-refractivity contribution in [1.29, 1.82) is 0 Å². The Morgan fingerprint density at radius 3 is 2.59 bits per heavy atom. The zero-order chi connectivity index (χ0) is 12.8. The fraction of sp³-hybridized carbons (Fsp3) is 0.364. The highest BCUT2D eigenvalue weighted by atomic mass is 35.5. The average molecular weight is 277 g/mol. The van der Waals surface area contributed by atoms with E-state index in [4.69, 9.17) is 23.2 Å². The number of rotatable bonds is 4. The van der Waals surface area contributed by atoms with Crippen LogP contribution in [0.5, 0.6) is 0 Å². The maximum Gasteiger partial charge on any atom is 0.319 e. The summed E-state index contributed by atoms with van der Waals surface area (Å²) in [4.78, 5) is 12.8. The molecule has 0 saturated heterocycles. The van der Waals surface area contributed by atoms with Crippen LogP contribution in [-0.2, 0) is 0 Å². The van der Waals surface area contributed by atoms with E-state index in [9.17, 15) is 4.79 Å². The molecule has 1 rings (SSSR count). The summed E-state index contributed by atoms with van der Waals surface area (Å²) in [5.74, 6) is 0. The first-order valence-electron chi connectivity index (χ1n) is 5.28. The molecule has 94 valence electrons. The lowest BCUT2D eigenvalue weighted by molar-refractivity contribution is -0.856. The zero-order valence-electron chi connectivity index (χ0n) is 9.81. The van der Waals surface area contributed by atoms with Crippen LogP contribution in [0.3, 0.4) is 0 Å². The van der Waals surface area contributed by atoms with Crippen molar-refractivity contribution in [2.24, 2.45) is 0 Å². The maximum atomic E-state index is 11.5. The van der Waals surface area contributed by atoms with Crippen molar-refractivity contribution in [1.82, 2.24) is 5.32 Å². The Balaban J connectivity index is 2.42. The molecular weight excluding hydrogens is 261 g/mol. The number of hydrogen-bond donors (Lipinski definition) is 3. The van der Waals surface area contributed by atoms with E-state index in [2.05, 4.69) is 10.6 Å². The summed E-state index contributed by atoms with van der Waals surface area (Å²) in [5, 5.41) is 6.32. The summed E-state index contributed by atoms with van der Waals surface area (Å²) < 4.78 is 0. The second kappa shape index (κ2) is 6.69. The molecule has 0 aliphatic carbocycles. The Bertz CT molecular complexity index is 396. The number of benzene rings is 1. The molecule has 0 unspecified atom stereocenters. The molecule has 3 N–H and O–H groups in total. The number of carbonyl (C=O) groups is 1. The highest BCUT2D eigenvalue weighted by molar-refractivity contribution is 6.42.